The Morgan fingerprint density at radius 2 is 2.50 bits per heavy atom. The smallest absolute Gasteiger partial charge is 0.0470 e. The van der Waals surface area contributed by atoms with E-state index in [1.54, 1.807) is 18.9 Å². The second-order valence-electron chi connectivity index (χ2n) is 1.38. The lowest BCUT2D eigenvalue weighted by molar-refractivity contribution is 0.200. The molecule has 0 heterocycles. The van der Waals surface area contributed by atoms with Crippen molar-refractivity contribution in [3.8, 4) is 0 Å². The molecule has 0 fully saturated rings. The summed E-state index contributed by atoms with van der Waals surface area (Å²) < 4.78 is 4.84. The molecule has 0 spiro atoms. The molecular formula is C6H12OS. The van der Waals surface area contributed by atoms with Crippen LogP contribution in [0.1, 0.15) is 6.42 Å². The summed E-state index contributed by atoms with van der Waals surface area (Å²) in [6.45, 7) is 4.44. The summed E-state index contributed by atoms with van der Waals surface area (Å²) in [7, 11) is 1.72. The van der Waals surface area contributed by atoms with Gasteiger partial charge in [0, 0.05) is 13.7 Å². The third-order valence-corrected chi connectivity index (χ3v) is 1.49. The Kier molecular flexibility index (Phi) is 7.09. The maximum absolute atomic E-state index is 4.84. The zero-order chi connectivity index (χ0) is 6.24. The minimum absolute atomic E-state index is 0.862. The fourth-order valence-corrected chi connectivity index (χ4v) is 0.821. The molecule has 0 saturated heterocycles. The summed E-state index contributed by atoms with van der Waals surface area (Å²) in [5, 5.41) is 1.86. The van der Waals surface area contributed by atoms with E-state index in [1.165, 1.54) is 0 Å². The van der Waals surface area contributed by atoms with Gasteiger partial charge >= 0.3 is 0 Å². The van der Waals surface area contributed by atoms with Crippen LogP contribution >= 0.6 is 11.8 Å². The van der Waals surface area contributed by atoms with Crippen molar-refractivity contribution in [1.82, 2.24) is 0 Å². The number of methoxy groups -OCH3 is 1. The van der Waals surface area contributed by atoms with Crippen LogP contribution < -0.4 is 0 Å². The third kappa shape index (κ3) is 6.05. The molecule has 0 aromatic carbocycles. The van der Waals surface area contributed by atoms with Gasteiger partial charge in [0.25, 0.3) is 0 Å². The van der Waals surface area contributed by atoms with Crippen molar-refractivity contribution in [2.75, 3.05) is 19.5 Å². The van der Waals surface area contributed by atoms with Crippen LogP contribution in [0.15, 0.2) is 12.0 Å². The van der Waals surface area contributed by atoms with Crippen LogP contribution in [0.5, 0.6) is 0 Å². The van der Waals surface area contributed by atoms with Gasteiger partial charge < -0.3 is 4.74 Å². The maximum atomic E-state index is 4.84. The molecule has 48 valence electrons. The highest BCUT2D eigenvalue weighted by atomic mass is 32.2. The highest BCUT2D eigenvalue weighted by molar-refractivity contribution is 8.02. The summed E-state index contributed by atoms with van der Waals surface area (Å²) in [6, 6.07) is 0. The molecule has 0 N–H and O–H groups in total. The summed E-state index contributed by atoms with van der Waals surface area (Å²) in [6.07, 6.45) is 1.12. The van der Waals surface area contributed by atoms with Crippen LogP contribution in [-0.4, -0.2) is 19.5 Å². The molecule has 0 bridgehead atoms. The predicted molar refractivity (Wildman–Crippen MR) is 39.1 cm³/mol. The van der Waals surface area contributed by atoms with E-state index in [0.29, 0.717) is 0 Å². The molecular weight excluding hydrogens is 120 g/mol. The second-order valence-corrected chi connectivity index (χ2v) is 2.46. The Bertz CT molecular complexity index is 54.5. The van der Waals surface area contributed by atoms with Crippen molar-refractivity contribution in [1.29, 1.82) is 0 Å². The molecule has 8 heavy (non-hydrogen) atoms. The van der Waals surface area contributed by atoms with E-state index in [-0.39, 0.29) is 0 Å². The Hall–Kier alpha value is 0.0500. The molecule has 0 aliphatic rings. The number of thioether (sulfide) groups is 1. The van der Waals surface area contributed by atoms with E-state index in [4.69, 9.17) is 4.74 Å². The van der Waals surface area contributed by atoms with Crippen LogP contribution in [0.2, 0.25) is 0 Å². The van der Waals surface area contributed by atoms with Crippen LogP contribution in [0.4, 0.5) is 0 Å². The van der Waals surface area contributed by atoms with Gasteiger partial charge in [0.15, 0.2) is 0 Å². The van der Waals surface area contributed by atoms with Gasteiger partial charge in [-0.15, -0.1) is 11.8 Å². The first-order valence-electron chi connectivity index (χ1n) is 2.63. The zero-order valence-electron chi connectivity index (χ0n) is 5.22. The second kappa shape index (κ2) is 7.05. The molecule has 0 aliphatic carbocycles. The highest BCUT2D eigenvalue weighted by Crippen LogP contribution is 2.01. The number of hydrogen-bond donors (Lipinski definition) is 0. The highest BCUT2D eigenvalue weighted by Gasteiger charge is 1.81. The first-order chi connectivity index (χ1) is 3.91. The first-order valence-corrected chi connectivity index (χ1v) is 3.68. The number of ether oxygens (including phenoxy) is 1. The van der Waals surface area contributed by atoms with Gasteiger partial charge in [-0.3, -0.25) is 0 Å². The Balaban J connectivity index is 2.62. The van der Waals surface area contributed by atoms with Gasteiger partial charge in [0.2, 0.25) is 0 Å². The van der Waals surface area contributed by atoms with E-state index in [2.05, 4.69) is 6.58 Å². The average molecular weight is 132 g/mol. The minimum Gasteiger partial charge on any atom is -0.385 e. The minimum atomic E-state index is 0.862. The van der Waals surface area contributed by atoms with Gasteiger partial charge in [-0.2, -0.15) is 0 Å². The first kappa shape index (κ1) is 8.05. The third-order valence-electron chi connectivity index (χ3n) is 0.729. The molecule has 0 rings (SSSR count). The van der Waals surface area contributed by atoms with Crippen molar-refractivity contribution in [2.45, 2.75) is 6.42 Å². The number of rotatable bonds is 5. The lowest BCUT2D eigenvalue weighted by atomic mass is 10.5. The summed E-state index contributed by atoms with van der Waals surface area (Å²) in [5.74, 6) is 1.12. The zero-order valence-corrected chi connectivity index (χ0v) is 6.04. The largest absolute Gasteiger partial charge is 0.385 e. The van der Waals surface area contributed by atoms with Crippen LogP contribution in [0.25, 0.3) is 0 Å². The molecule has 0 aromatic rings. The predicted octanol–water partition coefficient (Wildman–Crippen LogP) is 1.90. The average Bonchev–Trinajstić information content (AvgIpc) is 1.81. The Labute approximate surface area is 55.1 Å². The van der Waals surface area contributed by atoms with Gasteiger partial charge in [0.05, 0.1) is 0 Å². The van der Waals surface area contributed by atoms with Crippen molar-refractivity contribution in [3.63, 3.8) is 0 Å². The van der Waals surface area contributed by atoms with E-state index < -0.39 is 0 Å². The summed E-state index contributed by atoms with van der Waals surface area (Å²) >= 11 is 1.73. The molecule has 0 amide bonds. The van der Waals surface area contributed by atoms with E-state index in [9.17, 15) is 0 Å². The van der Waals surface area contributed by atoms with E-state index in [1.807, 2.05) is 5.41 Å². The molecule has 0 atom stereocenters. The van der Waals surface area contributed by atoms with Gasteiger partial charge in [-0.1, -0.05) is 6.58 Å². The van der Waals surface area contributed by atoms with E-state index >= 15 is 0 Å². The van der Waals surface area contributed by atoms with Crippen molar-refractivity contribution < 1.29 is 4.74 Å². The molecule has 0 unspecified atom stereocenters. The maximum Gasteiger partial charge on any atom is 0.0470 e. The monoisotopic (exact) mass is 132 g/mol. The van der Waals surface area contributed by atoms with Gasteiger partial charge in [0.1, 0.15) is 0 Å². The van der Waals surface area contributed by atoms with Crippen molar-refractivity contribution >= 4 is 11.8 Å². The summed E-state index contributed by atoms with van der Waals surface area (Å²) in [5.41, 5.74) is 0. The molecule has 0 saturated carbocycles. The molecule has 1 nitrogen and oxygen atoms in total. The number of hydrogen-bond acceptors (Lipinski definition) is 2. The molecule has 0 aliphatic heterocycles. The SMILES string of the molecule is C=CSCCCOC. The van der Waals surface area contributed by atoms with Crippen LogP contribution in [-0.2, 0) is 4.74 Å². The molecule has 2 heteroatoms. The van der Waals surface area contributed by atoms with Crippen LogP contribution in [0, 0.1) is 0 Å². The topological polar surface area (TPSA) is 9.23 Å². The van der Waals surface area contributed by atoms with Gasteiger partial charge in [-0.05, 0) is 17.6 Å². The van der Waals surface area contributed by atoms with E-state index in [0.717, 1.165) is 18.8 Å². The fraction of sp³-hybridized carbons (Fsp3) is 0.667. The molecule has 0 aromatic heterocycles. The quantitative estimate of drug-likeness (QED) is 0.528. The lowest BCUT2D eigenvalue weighted by Gasteiger charge is -1.93. The standard InChI is InChI=1S/C6H12OS/c1-3-8-6-4-5-7-2/h3H,1,4-6H2,2H3. The van der Waals surface area contributed by atoms with Gasteiger partial charge in [-0.25, -0.2) is 0 Å². The molecule has 0 radical (unpaired) electrons. The normalized spacial score (nSPS) is 9.12. The Morgan fingerprint density at radius 1 is 1.75 bits per heavy atom. The van der Waals surface area contributed by atoms with Crippen molar-refractivity contribution in [3.05, 3.63) is 12.0 Å². The fourth-order valence-electron chi connectivity index (χ4n) is 0.370. The van der Waals surface area contributed by atoms with Crippen LogP contribution in [0.3, 0.4) is 0 Å². The Morgan fingerprint density at radius 3 is 3.00 bits per heavy atom. The lowest BCUT2D eigenvalue weighted by Crippen LogP contribution is -1.88. The summed E-state index contributed by atoms with van der Waals surface area (Å²) in [4.78, 5) is 0. The van der Waals surface area contributed by atoms with Crippen molar-refractivity contribution in [2.24, 2.45) is 0 Å².